The number of ether oxygens (including phenoxy) is 1. The first-order chi connectivity index (χ1) is 19.8. The molecule has 2 aliphatic rings. The zero-order chi connectivity index (χ0) is 28.4. The molecule has 2 aromatic carbocycles. The summed E-state index contributed by atoms with van der Waals surface area (Å²) in [5.74, 6) is -0.199. The summed E-state index contributed by atoms with van der Waals surface area (Å²) in [5.41, 5.74) is 6.48. The van der Waals surface area contributed by atoms with Crippen molar-refractivity contribution in [2.45, 2.75) is 46.2 Å². The topological polar surface area (TPSA) is 85.6 Å². The van der Waals surface area contributed by atoms with Crippen LogP contribution in [0.2, 0.25) is 0 Å². The zero-order valence-electron chi connectivity index (χ0n) is 24.1. The molecule has 2 saturated heterocycles. The van der Waals surface area contributed by atoms with Crippen molar-refractivity contribution in [3.05, 3.63) is 66.6 Å². The van der Waals surface area contributed by atoms with E-state index in [1.54, 1.807) is 5.06 Å². The minimum absolute atomic E-state index is 0.199. The highest BCUT2D eigenvalue weighted by Gasteiger charge is 2.29. The summed E-state index contributed by atoms with van der Waals surface area (Å²) in [5, 5.41) is 6.45. The van der Waals surface area contributed by atoms with Crippen LogP contribution in [0.3, 0.4) is 0 Å². The van der Waals surface area contributed by atoms with Gasteiger partial charge in [0, 0.05) is 50.0 Å². The van der Waals surface area contributed by atoms with Crippen LogP contribution in [0.15, 0.2) is 61.1 Å². The Hall–Kier alpha value is -3.66. The van der Waals surface area contributed by atoms with Crippen LogP contribution in [0.4, 0.5) is 0 Å². The van der Waals surface area contributed by atoms with Gasteiger partial charge >= 0.3 is 5.97 Å². The zero-order valence-corrected chi connectivity index (χ0v) is 24.1. The molecule has 0 amide bonds. The maximum atomic E-state index is 12.2. The Morgan fingerprint density at radius 2 is 1.73 bits per heavy atom. The minimum atomic E-state index is -0.513. The van der Waals surface area contributed by atoms with E-state index in [0.29, 0.717) is 13.1 Å². The van der Waals surface area contributed by atoms with Crippen molar-refractivity contribution in [2.75, 3.05) is 39.4 Å². The van der Waals surface area contributed by atoms with Crippen LogP contribution in [-0.2, 0) is 20.9 Å². The van der Waals surface area contributed by atoms with Crippen LogP contribution in [0.25, 0.3) is 33.4 Å². The number of nitrogens with zero attached hydrogens (tertiary/aromatic N) is 6. The van der Waals surface area contributed by atoms with E-state index in [4.69, 9.17) is 19.5 Å². The molecular formula is C32H38N6O3. The highest BCUT2D eigenvalue weighted by atomic mass is 16.7. The molecular weight excluding hydrogens is 516 g/mol. The van der Waals surface area contributed by atoms with Gasteiger partial charge < -0.3 is 9.57 Å². The van der Waals surface area contributed by atoms with Crippen molar-refractivity contribution >= 4 is 17.0 Å². The third-order valence-corrected chi connectivity index (χ3v) is 7.87. The van der Waals surface area contributed by atoms with Crippen molar-refractivity contribution < 1.29 is 14.4 Å². The van der Waals surface area contributed by atoms with Crippen molar-refractivity contribution in [3.8, 4) is 22.4 Å². The second-order valence-corrected chi connectivity index (χ2v) is 12.0. The summed E-state index contributed by atoms with van der Waals surface area (Å²) in [4.78, 5) is 30.1. The van der Waals surface area contributed by atoms with Gasteiger partial charge in [-0.2, -0.15) is 5.10 Å². The maximum Gasteiger partial charge on any atom is 0.330 e. The molecule has 0 spiro atoms. The number of piperidine rings is 1. The molecule has 2 aromatic heterocycles. The Labute approximate surface area is 241 Å². The molecule has 9 nitrogen and oxygen atoms in total. The van der Waals surface area contributed by atoms with E-state index in [1.807, 2.05) is 50.0 Å². The monoisotopic (exact) mass is 554 g/mol. The molecule has 6 rings (SSSR count). The SMILES string of the molecule is CC(C)(C)C(=O)ON1CCC(n2cc(-c3cnc4cccc(-c5ccc(CN6CCOCC6)cc5)c4n3)cn2)CC1. The average Bonchev–Trinajstić information content (AvgIpc) is 3.48. The smallest absolute Gasteiger partial charge is 0.330 e. The van der Waals surface area contributed by atoms with Crippen LogP contribution in [0.1, 0.15) is 45.2 Å². The van der Waals surface area contributed by atoms with Gasteiger partial charge in [-0.15, -0.1) is 5.06 Å². The molecule has 214 valence electrons. The van der Waals surface area contributed by atoms with E-state index < -0.39 is 5.41 Å². The van der Waals surface area contributed by atoms with Crippen molar-refractivity contribution in [1.82, 2.24) is 29.7 Å². The van der Waals surface area contributed by atoms with Gasteiger partial charge in [-0.3, -0.25) is 14.6 Å². The van der Waals surface area contributed by atoms with E-state index in [0.717, 1.165) is 79.1 Å². The number of fused-ring (bicyclic) bond motifs is 1. The maximum absolute atomic E-state index is 12.2. The van der Waals surface area contributed by atoms with Gasteiger partial charge in [0.25, 0.3) is 0 Å². The van der Waals surface area contributed by atoms with E-state index in [1.165, 1.54) is 5.56 Å². The highest BCUT2D eigenvalue weighted by Crippen LogP contribution is 2.30. The van der Waals surface area contributed by atoms with E-state index in [2.05, 4.69) is 46.5 Å². The Morgan fingerprint density at radius 3 is 2.46 bits per heavy atom. The van der Waals surface area contributed by atoms with E-state index >= 15 is 0 Å². The van der Waals surface area contributed by atoms with Crippen LogP contribution in [0, 0.1) is 5.41 Å². The summed E-state index contributed by atoms with van der Waals surface area (Å²) >= 11 is 0. The number of carbonyl (C=O) groups excluding carboxylic acids is 1. The number of hydrogen-bond acceptors (Lipinski definition) is 8. The van der Waals surface area contributed by atoms with Crippen LogP contribution in [-0.4, -0.2) is 75.1 Å². The lowest BCUT2D eigenvalue weighted by Gasteiger charge is -2.32. The first-order valence-corrected chi connectivity index (χ1v) is 14.5. The normalized spacial score (nSPS) is 17.6. The minimum Gasteiger partial charge on any atom is -0.379 e. The molecule has 4 heterocycles. The van der Waals surface area contributed by atoms with Crippen LogP contribution < -0.4 is 0 Å². The van der Waals surface area contributed by atoms with Crippen LogP contribution >= 0.6 is 0 Å². The number of aromatic nitrogens is 4. The summed E-state index contributed by atoms with van der Waals surface area (Å²) in [7, 11) is 0. The number of morpholine rings is 1. The molecule has 4 aromatic rings. The van der Waals surface area contributed by atoms with E-state index in [9.17, 15) is 4.79 Å². The molecule has 0 aliphatic carbocycles. The standard InChI is InChI=1S/C32H38N6O3/c1-32(2,3)31(39)41-37-13-11-26(12-14-37)38-22-25(19-34-38)29-20-33-28-6-4-5-27(30(28)35-29)24-9-7-23(8-10-24)21-36-15-17-40-18-16-36/h4-10,19-20,22,26H,11-18,21H2,1-3H3. The largest absolute Gasteiger partial charge is 0.379 e. The number of benzene rings is 2. The Kier molecular flexibility index (Phi) is 7.84. The Bertz CT molecular complexity index is 1500. The van der Waals surface area contributed by atoms with Crippen LogP contribution in [0.5, 0.6) is 0 Å². The lowest BCUT2D eigenvalue weighted by Crippen LogP contribution is -2.39. The van der Waals surface area contributed by atoms with Gasteiger partial charge in [0.2, 0.25) is 0 Å². The molecule has 41 heavy (non-hydrogen) atoms. The average molecular weight is 555 g/mol. The molecule has 0 unspecified atom stereocenters. The number of hydrogen-bond donors (Lipinski definition) is 0. The van der Waals surface area contributed by atoms with Crippen molar-refractivity contribution in [2.24, 2.45) is 5.41 Å². The molecule has 0 saturated carbocycles. The molecule has 2 aliphatic heterocycles. The Morgan fingerprint density at radius 1 is 0.976 bits per heavy atom. The lowest BCUT2D eigenvalue weighted by molar-refractivity contribution is -0.205. The molecule has 0 radical (unpaired) electrons. The van der Waals surface area contributed by atoms with E-state index in [-0.39, 0.29) is 12.0 Å². The lowest BCUT2D eigenvalue weighted by atomic mass is 9.98. The second kappa shape index (κ2) is 11.7. The third-order valence-electron chi connectivity index (χ3n) is 7.87. The molecule has 9 heteroatoms. The van der Waals surface area contributed by atoms with Crippen molar-refractivity contribution in [3.63, 3.8) is 0 Å². The third kappa shape index (κ3) is 6.32. The highest BCUT2D eigenvalue weighted by molar-refractivity contribution is 5.92. The quantitative estimate of drug-likeness (QED) is 0.324. The number of para-hydroxylation sites is 1. The molecule has 0 bridgehead atoms. The predicted octanol–water partition coefficient (Wildman–Crippen LogP) is 5.13. The van der Waals surface area contributed by atoms with Gasteiger partial charge in [0.1, 0.15) is 0 Å². The van der Waals surface area contributed by atoms with Gasteiger partial charge in [0.05, 0.1) is 53.8 Å². The summed E-state index contributed by atoms with van der Waals surface area (Å²) in [6.45, 7) is 11.5. The summed E-state index contributed by atoms with van der Waals surface area (Å²) in [6, 6.07) is 15.2. The fraction of sp³-hybridized carbons (Fsp3) is 0.438. The second-order valence-electron chi connectivity index (χ2n) is 12.0. The fourth-order valence-electron chi connectivity index (χ4n) is 5.33. The fourth-order valence-corrected chi connectivity index (χ4v) is 5.33. The van der Waals surface area contributed by atoms with Gasteiger partial charge in [0.15, 0.2) is 0 Å². The first-order valence-electron chi connectivity index (χ1n) is 14.5. The Balaban J connectivity index is 1.16. The van der Waals surface area contributed by atoms with Gasteiger partial charge in [-0.1, -0.05) is 36.4 Å². The summed E-state index contributed by atoms with van der Waals surface area (Å²) in [6.07, 6.45) is 7.46. The van der Waals surface area contributed by atoms with Crippen molar-refractivity contribution in [1.29, 1.82) is 0 Å². The number of rotatable bonds is 6. The van der Waals surface area contributed by atoms with Gasteiger partial charge in [-0.05, 0) is 50.8 Å². The first kappa shape index (κ1) is 27.5. The number of carbonyl (C=O) groups is 1. The summed E-state index contributed by atoms with van der Waals surface area (Å²) < 4.78 is 7.49. The molecule has 0 N–H and O–H groups in total. The predicted molar refractivity (Wildman–Crippen MR) is 158 cm³/mol. The van der Waals surface area contributed by atoms with Gasteiger partial charge in [-0.25, -0.2) is 9.78 Å². The number of hydroxylamine groups is 2. The molecule has 0 atom stereocenters. The molecule has 2 fully saturated rings.